The fourth-order valence-corrected chi connectivity index (χ4v) is 3.05. The van der Waals surface area contributed by atoms with Crippen molar-refractivity contribution in [2.75, 3.05) is 20.2 Å². The van der Waals surface area contributed by atoms with Crippen LogP contribution in [0.15, 0.2) is 30.3 Å². The minimum absolute atomic E-state index is 0.538. The van der Waals surface area contributed by atoms with E-state index in [1.807, 2.05) is 0 Å². The summed E-state index contributed by atoms with van der Waals surface area (Å²) >= 11 is 0. The summed E-state index contributed by atoms with van der Waals surface area (Å²) in [5, 5.41) is 2.16. The second-order valence-corrected chi connectivity index (χ2v) is 5.48. The van der Waals surface area contributed by atoms with Gasteiger partial charge >= 0.3 is 0 Å². The lowest BCUT2D eigenvalue weighted by Crippen LogP contribution is -2.40. The lowest BCUT2D eigenvalue weighted by atomic mass is 9.85. The fourth-order valence-electron chi connectivity index (χ4n) is 3.05. The summed E-state index contributed by atoms with van der Waals surface area (Å²) in [6.07, 6.45) is 6.01. The molecule has 3 nitrogen and oxygen atoms in total. The number of hydroxylamine groups is 2. The Kier molecular flexibility index (Phi) is 5.83. The maximum absolute atomic E-state index is 5.81. The zero-order valence-electron chi connectivity index (χ0n) is 11.9. The van der Waals surface area contributed by atoms with Crippen LogP contribution < -0.4 is 5.73 Å². The van der Waals surface area contributed by atoms with E-state index in [0.717, 1.165) is 19.5 Å². The highest BCUT2D eigenvalue weighted by Gasteiger charge is 2.26. The van der Waals surface area contributed by atoms with Gasteiger partial charge in [0.1, 0.15) is 0 Å². The molecule has 2 rings (SSSR count). The molecule has 106 valence electrons. The third-order valence-corrected chi connectivity index (χ3v) is 4.19. The monoisotopic (exact) mass is 262 g/mol. The second kappa shape index (κ2) is 7.63. The molecule has 1 aliphatic carbocycles. The van der Waals surface area contributed by atoms with Crippen molar-refractivity contribution < 1.29 is 4.84 Å². The van der Waals surface area contributed by atoms with Gasteiger partial charge in [-0.25, -0.2) is 0 Å². The first-order valence-electron chi connectivity index (χ1n) is 7.38. The first kappa shape index (κ1) is 14.5. The molecular formula is C16H26N2O. The third kappa shape index (κ3) is 4.30. The number of nitrogens with zero attached hydrogens (tertiary/aromatic N) is 1. The Morgan fingerprint density at radius 2 is 2.05 bits per heavy atom. The largest absolute Gasteiger partial charge is 0.330 e. The molecule has 0 saturated heterocycles. The van der Waals surface area contributed by atoms with E-state index in [9.17, 15) is 0 Å². The van der Waals surface area contributed by atoms with E-state index in [1.54, 1.807) is 7.11 Å². The standard InChI is InChI=1S/C16H26N2O/c1-19-18(11-10-14-6-3-2-4-7-14)16-9-5-8-15(12-16)13-17/h2-4,6-7,15-16H,5,8-13,17H2,1H3. The Morgan fingerprint density at radius 3 is 2.74 bits per heavy atom. The van der Waals surface area contributed by atoms with Gasteiger partial charge in [-0.3, -0.25) is 0 Å². The maximum Gasteiger partial charge on any atom is 0.0575 e. The minimum atomic E-state index is 0.538. The summed E-state index contributed by atoms with van der Waals surface area (Å²) in [7, 11) is 1.79. The molecule has 0 bridgehead atoms. The molecule has 2 unspecified atom stereocenters. The van der Waals surface area contributed by atoms with E-state index in [0.29, 0.717) is 12.0 Å². The van der Waals surface area contributed by atoms with Crippen LogP contribution in [-0.2, 0) is 11.3 Å². The summed E-state index contributed by atoms with van der Waals surface area (Å²) in [5.74, 6) is 0.674. The van der Waals surface area contributed by atoms with Gasteiger partial charge in [-0.2, -0.15) is 5.06 Å². The van der Waals surface area contributed by atoms with Crippen molar-refractivity contribution in [3.8, 4) is 0 Å². The maximum atomic E-state index is 5.81. The molecule has 1 aromatic rings. The Hall–Kier alpha value is -0.900. The van der Waals surface area contributed by atoms with E-state index in [1.165, 1.54) is 31.2 Å². The van der Waals surface area contributed by atoms with Gasteiger partial charge in [-0.15, -0.1) is 0 Å². The van der Waals surface area contributed by atoms with E-state index in [4.69, 9.17) is 10.6 Å². The predicted molar refractivity (Wildman–Crippen MR) is 78.7 cm³/mol. The van der Waals surface area contributed by atoms with Crippen LogP contribution in [0.3, 0.4) is 0 Å². The molecule has 0 heterocycles. The van der Waals surface area contributed by atoms with Crippen LogP contribution in [0.2, 0.25) is 0 Å². The average Bonchev–Trinajstić information content (AvgIpc) is 2.49. The van der Waals surface area contributed by atoms with Gasteiger partial charge in [0.2, 0.25) is 0 Å². The molecule has 0 spiro atoms. The highest BCUT2D eigenvalue weighted by Crippen LogP contribution is 2.27. The summed E-state index contributed by atoms with van der Waals surface area (Å²) in [4.78, 5) is 5.60. The van der Waals surface area contributed by atoms with Crippen molar-refractivity contribution in [2.45, 2.75) is 38.1 Å². The van der Waals surface area contributed by atoms with Gasteiger partial charge in [-0.05, 0) is 43.7 Å². The van der Waals surface area contributed by atoms with Crippen molar-refractivity contribution in [1.82, 2.24) is 5.06 Å². The van der Waals surface area contributed by atoms with Crippen LogP contribution in [0, 0.1) is 5.92 Å². The van der Waals surface area contributed by atoms with E-state index < -0.39 is 0 Å². The van der Waals surface area contributed by atoms with Crippen LogP contribution in [-0.4, -0.2) is 31.3 Å². The Bertz CT molecular complexity index is 355. The molecule has 1 saturated carbocycles. The van der Waals surface area contributed by atoms with Crippen molar-refractivity contribution >= 4 is 0 Å². The zero-order chi connectivity index (χ0) is 13.5. The summed E-state index contributed by atoms with van der Waals surface area (Å²) in [6, 6.07) is 11.1. The molecule has 3 heteroatoms. The number of rotatable bonds is 6. The Morgan fingerprint density at radius 1 is 1.26 bits per heavy atom. The topological polar surface area (TPSA) is 38.5 Å². The highest BCUT2D eigenvalue weighted by molar-refractivity contribution is 5.14. The van der Waals surface area contributed by atoms with Gasteiger partial charge in [0.15, 0.2) is 0 Å². The fraction of sp³-hybridized carbons (Fsp3) is 0.625. The molecule has 1 aromatic carbocycles. The first-order chi connectivity index (χ1) is 9.33. The number of hydrogen-bond acceptors (Lipinski definition) is 3. The molecule has 0 radical (unpaired) electrons. The van der Waals surface area contributed by atoms with Gasteiger partial charge in [0.25, 0.3) is 0 Å². The smallest absolute Gasteiger partial charge is 0.0575 e. The summed E-state index contributed by atoms with van der Waals surface area (Å²) in [5.41, 5.74) is 7.18. The molecule has 2 N–H and O–H groups in total. The lowest BCUT2D eigenvalue weighted by molar-refractivity contribution is -0.170. The first-order valence-corrected chi connectivity index (χ1v) is 7.38. The van der Waals surface area contributed by atoms with Crippen LogP contribution >= 0.6 is 0 Å². The molecule has 0 amide bonds. The van der Waals surface area contributed by atoms with Crippen molar-refractivity contribution in [2.24, 2.45) is 11.7 Å². The number of nitrogens with two attached hydrogens (primary N) is 1. The zero-order valence-corrected chi connectivity index (χ0v) is 11.9. The molecule has 0 aromatic heterocycles. The average molecular weight is 262 g/mol. The van der Waals surface area contributed by atoms with Gasteiger partial charge in [0.05, 0.1) is 7.11 Å². The molecule has 0 aliphatic heterocycles. The Labute approximate surface area is 116 Å². The highest BCUT2D eigenvalue weighted by atomic mass is 16.7. The normalized spacial score (nSPS) is 23.7. The van der Waals surface area contributed by atoms with Crippen molar-refractivity contribution in [3.05, 3.63) is 35.9 Å². The van der Waals surface area contributed by atoms with Gasteiger partial charge < -0.3 is 10.6 Å². The van der Waals surface area contributed by atoms with Crippen molar-refractivity contribution in [1.29, 1.82) is 0 Å². The Balaban J connectivity index is 1.85. The lowest BCUT2D eigenvalue weighted by Gasteiger charge is -2.35. The van der Waals surface area contributed by atoms with Crippen LogP contribution in [0.25, 0.3) is 0 Å². The molecular weight excluding hydrogens is 236 g/mol. The second-order valence-electron chi connectivity index (χ2n) is 5.48. The van der Waals surface area contributed by atoms with E-state index >= 15 is 0 Å². The molecule has 19 heavy (non-hydrogen) atoms. The third-order valence-electron chi connectivity index (χ3n) is 4.19. The molecule has 1 aliphatic rings. The number of benzene rings is 1. The SMILES string of the molecule is CON(CCc1ccccc1)C1CCCC(CN)C1. The van der Waals surface area contributed by atoms with E-state index in [-0.39, 0.29) is 0 Å². The number of hydrogen-bond donors (Lipinski definition) is 1. The van der Waals surface area contributed by atoms with E-state index in [2.05, 4.69) is 35.4 Å². The quantitative estimate of drug-likeness (QED) is 0.801. The predicted octanol–water partition coefficient (Wildman–Crippen LogP) is 2.61. The van der Waals surface area contributed by atoms with Crippen LogP contribution in [0.4, 0.5) is 0 Å². The minimum Gasteiger partial charge on any atom is -0.330 e. The van der Waals surface area contributed by atoms with Crippen LogP contribution in [0.5, 0.6) is 0 Å². The molecule has 2 atom stereocenters. The molecule has 1 fully saturated rings. The van der Waals surface area contributed by atoms with Crippen LogP contribution in [0.1, 0.15) is 31.2 Å². The summed E-state index contributed by atoms with van der Waals surface area (Å²) < 4.78 is 0. The van der Waals surface area contributed by atoms with Gasteiger partial charge in [-0.1, -0.05) is 36.8 Å². The van der Waals surface area contributed by atoms with Crippen molar-refractivity contribution in [3.63, 3.8) is 0 Å². The van der Waals surface area contributed by atoms with Gasteiger partial charge in [0, 0.05) is 12.6 Å². The summed E-state index contributed by atoms with van der Waals surface area (Å²) in [6.45, 7) is 1.77.